The molecule has 0 radical (unpaired) electrons. The van der Waals surface area contributed by atoms with Crippen molar-refractivity contribution >= 4 is 21.8 Å². The fourth-order valence-corrected chi connectivity index (χ4v) is 1.17. The number of halogens is 1. The number of carbonyl (C=O) groups excluding carboxylic acids is 1. The largest absolute Gasteiger partial charge is 0.389 e. The van der Waals surface area contributed by atoms with Gasteiger partial charge < -0.3 is 15.9 Å². The van der Waals surface area contributed by atoms with E-state index in [0.29, 0.717) is 4.47 Å². The molecule has 0 fully saturated rings. The lowest BCUT2D eigenvalue weighted by Crippen LogP contribution is -2.26. The van der Waals surface area contributed by atoms with Crippen LogP contribution in [0.2, 0.25) is 0 Å². The second-order valence-corrected chi connectivity index (χ2v) is 3.86. The Hall–Kier alpha value is -1.05. The number of carbonyl (C=O) groups is 1. The number of hydrogen-bond donors (Lipinski definition) is 3. The van der Waals surface area contributed by atoms with Gasteiger partial charge in [0.1, 0.15) is 6.10 Å². The second kappa shape index (κ2) is 5.15. The topological polar surface area (TPSA) is 109 Å². The highest BCUT2D eigenvalue weighted by molar-refractivity contribution is 9.10. The first-order chi connectivity index (χ1) is 7.00. The number of nitrogens with two attached hydrogens (primary N) is 1. The zero-order chi connectivity index (χ0) is 11.4. The van der Waals surface area contributed by atoms with E-state index in [1.165, 1.54) is 12.4 Å². The van der Waals surface area contributed by atoms with Gasteiger partial charge in [-0.05, 0) is 15.9 Å². The van der Waals surface area contributed by atoms with Crippen LogP contribution in [0.3, 0.4) is 0 Å². The molecule has 1 aromatic heterocycles. The molecule has 7 heteroatoms. The number of amides is 1. The van der Waals surface area contributed by atoms with E-state index in [-0.39, 0.29) is 12.2 Å². The van der Waals surface area contributed by atoms with Crippen LogP contribution in [-0.2, 0) is 4.79 Å². The van der Waals surface area contributed by atoms with Gasteiger partial charge in [-0.2, -0.15) is 0 Å². The first kappa shape index (κ1) is 12.0. The van der Waals surface area contributed by atoms with Gasteiger partial charge in [-0.1, -0.05) is 0 Å². The molecule has 0 spiro atoms. The van der Waals surface area contributed by atoms with Gasteiger partial charge in [0.2, 0.25) is 5.91 Å². The smallest absolute Gasteiger partial charge is 0.220 e. The monoisotopic (exact) mass is 275 g/mol. The van der Waals surface area contributed by atoms with Crippen molar-refractivity contribution in [1.82, 2.24) is 9.97 Å². The number of rotatable bonds is 4. The number of aliphatic hydroxyl groups is 2. The summed E-state index contributed by atoms with van der Waals surface area (Å²) in [7, 11) is 0. The average Bonchev–Trinajstić information content (AvgIpc) is 2.17. The molecule has 0 aliphatic rings. The standard InChI is InChI=1S/C8H10BrN3O3/c9-4-2-11-8(12-3-4)7(15)5(13)1-6(10)14/h2-3,5,7,13,15H,1H2,(H2,10,14). The summed E-state index contributed by atoms with van der Waals surface area (Å²) in [6.07, 6.45) is -0.0691. The van der Waals surface area contributed by atoms with E-state index in [4.69, 9.17) is 5.73 Å². The maximum atomic E-state index is 10.5. The molecule has 1 aromatic rings. The summed E-state index contributed by atoms with van der Waals surface area (Å²) in [4.78, 5) is 18.1. The maximum absolute atomic E-state index is 10.5. The fourth-order valence-electron chi connectivity index (χ4n) is 0.965. The van der Waals surface area contributed by atoms with Crippen LogP contribution in [-0.4, -0.2) is 32.2 Å². The summed E-state index contributed by atoms with van der Waals surface area (Å²) in [5.74, 6) is -0.648. The number of aliphatic hydroxyl groups excluding tert-OH is 2. The van der Waals surface area contributed by atoms with Gasteiger partial charge in [0.15, 0.2) is 5.82 Å². The second-order valence-electron chi connectivity index (χ2n) is 2.94. The van der Waals surface area contributed by atoms with Crippen LogP contribution >= 0.6 is 15.9 Å². The summed E-state index contributed by atoms with van der Waals surface area (Å²) >= 11 is 3.13. The van der Waals surface area contributed by atoms with E-state index >= 15 is 0 Å². The minimum Gasteiger partial charge on any atom is -0.389 e. The normalized spacial score (nSPS) is 14.6. The SMILES string of the molecule is NC(=O)CC(O)C(O)c1ncc(Br)cn1. The predicted molar refractivity (Wildman–Crippen MR) is 54.5 cm³/mol. The van der Waals surface area contributed by atoms with Crippen LogP contribution in [0.1, 0.15) is 18.3 Å². The first-order valence-corrected chi connectivity index (χ1v) is 4.92. The Balaban J connectivity index is 2.71. The number of primary amides is 1. The first-order valence-electron chi connectivity index (χ1n) is 4.12. The van der Waals surface area contributed by atoms with Gasteiger partial charge in [-0.25, -0.2) is 9.97 Å². The van der Waals surface area contributed by atoms with E-state index in [1.807, 2.05) is 0 Å². The average molecular weight is 276 g/mol. The summed E-state index contributed by atoms with van der Waals surface area (Å²) in [6, 6.07) is 0. The Kier molecular flexibility index (Phi) is 4.13. The molecule has 6 nitrogen and oxygen atoms in total. The Morgan fingerprint density at radius 2 is 2.00 bits per heavy atom. The zero-order valence-electron chi connectivity index (χ0n) is 7.67. The fraction of sp³-hybridized carbons (Fsp3) is 0.375. The van der Waals surface area contributed by atoms with Gasteiger partial charge in [0.25, 0.3) is 0 Å². The minimum absolute atomic E-state index is 0.0481. The quantitative estimate of drug-likeness (QED) is 0.687. The molecule has 0 aliphatic carbocycles. The molecule has 1 rings (SSSR count). The Labute approximate surface area is 94.3 Å². The molecule has 2 atom stereocenters. The van der Waals surface area contributed by atoms with Crippen LogP contribution in [0, 0.1) is 0 Å². The van der Waals surface area contributed by atoms with Crippen molar-refractivity contribution < 1.29 is 15.0 Å². The molecule has 0 aromatic carbocycles. The van der Waals surface area contributed by atoms with Crippen LogP contribution in [0.25, 0.3) is 0 Å². The van der Waals surface area contributed by atoms with Crippen molar-refractivity contribution in [2.45, 2.75) is 18.6 Å². The van der Waals surface area contributed by atoms with Gasteiger partial charge in [0, 0.05) is 12.4 Å². The highest BCUT2D eigenvalue weighted by atomic mass is 79.9. The molecule has 0 saturated carbocycles. The molecule has 0 aliphatic heterocycles. The van der Waals surface area contributed by atoms with Gasteiger partial charge >= 0.3 is 0 Å². The number of hydrogen-bond acceptors (Lipinski definition) is 5. The summed E-state index contributed by atoms with van der Waals surface area (Å²) in [5, 5.41) is 18.9. The molecule has 15 heavy (non-hydrogen) atoms. The Morgan fingerprint density at radius 1 is 1.47 bits per heavy atom. The molecule has 0 bridgehead atoms. The van der Waals surface area contributed by atoms with E-state index in [1.54, 1.807) is 0 Å². The third-order valence-electron chi connectivity index (χ3n) is 1.68. The summed E-state index contributed by atoms with van der Waals surface area (Å²) in [6.45, 7) is 0. The van der Waals surface area contributed by atoms with Gasteiger partial charge in [-0.3, -0.25) is 4.79 Å². The van der Waals surface area contributed by atoms with E-state index in [9.17, 15) is 15.0 Å². The lowest BCUT2D eigenvalue weighted by Gasteiger charge is -2.14. The molecular formula is C8H10BrN3O3. The van der Waals surface area contributed by atoms with Crippen LogP contribution in [0.5, 0.6) is 0 Å². The maximum Gasteiger partial charge on any atom is 0.220 e. The molecule has 2 unspecified atom stereocenters. The highest BCUT2D eigenvalue weighted by Crippen LogP contribution is 2.15. The van der Waals surface area contributed by atoms with E-state index < -0.39 is 18.1 Å². The van der Waals surface area contributed by atoms with Crippen molar-refractivity contribution in [1.29, 1.82) is 0 Å². The molecule has 82 valence electrons. The Bertz CT molecular complexity index is 343. The van der Waals surface area contributed by atoms with E-state index in [2.05, 4.69) is 25.9 Å². The van der Waals surface area contributed by atoms with E-state index in [0.717, 1.165) is 0 Å². The molecule has 4 N–H and O–H groups in total. The van der Waals surface area contributed by atoms with Crippen molar-refractivity contribution in [3.63, 3.8) is 0 Å². The van der Waals surface area contributed by atoms with Crippen LogP contribution in [0.4, 0.5) is 0 Å². The third kappa shape index (κ3) is 3.54. The summed E-state index contributed by atoms with van der Waals surface area (Å²) in [5.41, 5.74) is 4.87. The predicted octanol–water partition coefficient (Wildman–Crippen LogP) is -0.491. The van der Waals surface area contributed by atoms with Crippen molar-refractivity contribution in [2.24, 2.45) is 5.73 Å². The van der Waals surface area contributed by atoms with Crippen molar-refractivity contribution in [3.8, 4) is 0 Å². The number of nitrogens with zero attached hydrogens (tertiary/aromatic N) is 2. The highest BCUT2D eigenvalue weighted by Gasteiger charge is 2.22. The van der Waals surface area contributed by atoms with Crippen LogP contribution in [0.15, 0.2) is 16.9 Å². The number of aromatic nitrogens is 2. The lowest BCUT2D eigenvalue weighted by molar-refractivity contribution is -0.121. The third-order valence-corrected chi connectivity index (χ3v) is 2.09. The molecule has 1 heterocycles. The zero-order valence-corrected chi connectivity index (χ0v) is 9.25. The molecule has 0 saturated heterocycles. The molecule has 1 amide bonds. The summed E-state index contributed by atoms with van der Waals surface area (Å²) < 4.78 is 0.655. The van der Waals surface area contributed by atoms with Crippen LogP contribution < -0.4 is 5.73 Å². The lowest BCUT2D eigenvalue weighted by atomic mass is 10.1. The van der Waals surface area contributed by atoms with Gasteiger partial charge in [-0.15, -0.1) is 0 Å². The van der Waals surface area contributed by atoms with Crippen molar-refractivity contribution in [3.05, 3.63) is 22.7 Å². The minimum atomic E-state index is -1.31. The van der Waals surface area contributed by atoms with Gasteiger partial charge in [0.05, 0.1) is 17.0 Å². The Morgan fingerprint density at radius 3 is 2.47 bits per heavy atom. The molecular weight excluding hydrogens is 266 g/mol. The van der Waals surface area contributed by atoms with Crippen molar-refractivity contribution in [2.75, 3.05) is 0 Å².